The van der Waals surface area contributed by atoms with E-state index in [1.54, 1.807) is 24.3 Å². The summed E-state index contributed by atoms with van der Waals surface area (Å²) in [6, 6.07) is 26.1. The summed E-state index contributed by atoms with van der Waals surface area (Å²) in [5, 5.41) is 1.91. The average Bonchev–Trinajstić information content (AvgIpc) is 2.83. The minimum atomic E-state index is -0.327. The summed E-state index contributed by atoms with van der Waals surface area (Å²) < 4.78 is 27.1. The van der Waals surface area contributed by atoms with Gasteiger partial charge in [-0.05, 0) is 72.8 Å². The van der Waals surface area contributed by atoms with Gasteiger partial charge in [0, 0.05) is 21.9 Å². The maximum absolute atomic E-state index is 13.6. The SMILES string of the molecule is Fc1ccc(-c2nc3ccc4nc5ccccc5cc4c3nc2-c2ccc(F)cc2)cc1. The molecule has 0 aliphatic rings. The third kappa shape index (κ3) is 3.06. The number of halogens is 2. The van der Waals surface area contributed by atoms with E-state index in [0.29, 0.717) is 22.4 Å². The summed E-state index contributed by atoms with van der Waals surface area (Å²) >= 11 is 0. The Morgan fingerprint density at radius 1 is 0.500 bits per heavy atom. The van der Waals surface area contributed by atoms with Crippen LogP contribution in [0.5, 0.6) is 0 Å². The summed E-state index contributed by atoms with van der Waals surface area (Å²) in [6.45, 7) is 0. The van der Waals surface area contributed by atoms with E-state index in [0.717, 1.165) is 32.9 Å². The van der Waals surface area contributed by atoms with Crippen LogP contribution >= 0.6 is 0 Å². The van der Waals surface area contributed by atoms with Gasteiger partial charge in [0.25, 0.3) is 0 Å². The Morgan fingerprint density at radius 3 is 1.78 bits per heavy atom. The first-order chi connectivity index (χ1) is 15.7. The van der Waals surface area contributed by atoms with Crippen molar-refractivity contribution < 1.29 is 8.78 Å². The van der Waals surface area contributed by atoms with Crippen molar-refractivity contribution in [2.75, 3.05) is 0 Å². The fraction of sp³-hybridized carbons (Fsp3) is 0. The maximum Gasteiger partial charge on any atom is 0.123 e. The van der Waals surface area contributed by atoms with Gasteiger partial charge in [-0.2, -0.15) is 0 Å². The monoisotopic (exact) mass is 419 g/mol. The molecular weight excluding hydrogens is 404 g/mol. The molecule has 5 heteroatoms. The number of para-hydroxylation sites is 1. The van der Waals surface area contributed by atoms with Crippen molar-refractivity contribution in [2.45, 2.75) is 0 Å². The first kappa shape index (κ1) is 18.5. The minimum Gasteiger partial charge on any atom is -0.248 e. The zero-order valence-electron chi connectivity index (χ0n) is 16.8. The van der Waals surface area contributed by atoms with Crippen LogP contribution in [0.2, 0.25) is 0 Å². The number of pyridine rings is 1. The molecule has 0 saturated heterocycles. The molecule has 6 aromatic rings. The third-order valence-electron chi connectivity index (χ3n) is 5.57. The maximum atomic E-state index is 13.6. The lowest BCUT2D eigenvalue weighted by Gasteiger charge is -2.12. The van der Waals surface area contributed by atoms with Crippen molar-refractivity contribution in [3.05, 3.63) is 103 Å². The quantitative estimate of drug-likeness (QED) is 0.225. The number of rotatable bonds is 2. The van der Waals surface area contributed by atoms with Crippen LogP contribution in [0.15, 0.2) is 91.0 Å². The molecule has 32 heavy (non-hydrogen) atoms. The van der Waals surface area contributed by atoms with E-state index in [2.05, 4.69) is 6.07 Å². The van der Waals surface area contributed by atoms with Gasteiger partial charge in [-0.3, -0.25) is 0 Å². The summed E-state index contributed by atoms with van der Waals surface area (Å²) in [7, 11) is 0. The molecule has 0 amide bonds. The molecule has 0 bridgehead atoms. The molecule has 0 fully saturated rings. The Balaban J connectivity index is 1.70. The summed E-state index contributed by atoms with van der Waals surface area (Å²) in [6.07, 6.45) is 0. The van der Waals surface area contributed by atoms with Gasteiger partial charge in [0.15, 0.2) is 0 Å². The zero-order valence-corrected chi connectivity index (χ0v) is 16.8. The number of aromatic nitrogens is 3. The number of nitrogens with zero attached hydrogens (tertiary/aromatic N) is 3. The molecule has 3 nitrogen and oxygen atoms in total. The lowest BCUT2D eigenvalue weighted by molar-refractivity contribution is 0.627. The average molecular weight is 419 g/mol. The van der Waals surface area contributed by atoms with E-state index in [1.165, 1.54) is 24.3 Å². The molecule has 0 radical (unpaired) electrons. The lowest BCUT2D eigenvalue weighted by atomic mass is 10.0. The van der Waals surface area contributed by atoms with Crippen molar-refractivity contribution in [1.29, 1.82) is 0 Å². The second-order valence-corrected chi connectivity index (χ2v) is 7.62. The van der Waals surface area contributed by atoms with E-state index in [1.807, 2.05) is 36.4 Å². The molecule has 0 N–H and O–H groups in total. The van der Waals surface area contributed by atoms with Crippen LogP contribution in [0.25, 0.3) is 55.4 Å². The van der Waals surface area contributed by atoms with Gasteiger partial charge in [-0.25, -0.2) is 23.7 Å². The van der Waals surface area contributed by atoms with Crippen LogP contribution in [0.4, 0.5) is 8.78 Å². The summed E-state index contributed by atoms with van der Waals surface area (Å²) in [5.74, 6) is -0.651. The van der Waals surface area contributed by atoms with Crippen molar-refractivity contribution in [2.24, 2.45) is 0 Å². The van der Waals surface area contributed by atoms with Crippen LogP contribution < -0.4 is 0 Å². The van der Waals surface area contributed by atoms with Gasteiger partial charge in [-0.1, -0.05) is 18.2 Å². The molecule has 0 spiro atoms. The highest BCUT2D eigenvalue weighted by Crippen LogP contribution is 2.34. The van der Waals surface area contributed by atoms with Crippen LogP contribution in [0.1, 0.15) is 0 Å². The molecule has 0 aliphatic heterocycles. The van der Waals surface area contributed by atoms with Crippen LogP contribution in [0.3, 0.4) is 0 Å². The second-order valence-electron chi connectivity index (χ2n) is 7.62. The van der Waals surface area contributed by atoms with Crippen molar-refractivity contribution >= 4 is 32.8 Å². The van der Waals surface area contributed by atoms with Gasteiger partial charge in [0.2, 0.25) is 0 Å². The lowest BCUT2D eigenvalue weighted by Crippen LogP contribution is -1.97. The van der Waals surface area contributed by atoms with Gasteiger partial charge < -0.3 is 0 Å². The topological polar surface area (TPSA) is 38.7 Å². The highest BCUT2D eigenvalue weighted by molar-refractivity contribution is 6.07. The molecule has 0 saturated carbocycles. The third-order valence-corrected chi connectivity index (χ3v) is 5.57. The Bertz CT molecular complexity index is 1630. The Morgan fingerprint density at radius 2 is 1.09 bits per heavy atom. The number of benzene rings is 4. The van der Waals surface area contributed by atoms with Crippen LogP contribution in [0, 0.1) is 11.6 Å². The fourth-order valence-electron chi connectivity index (χ4n) is 3.99. The molecule has 2 heterocycles. The molecule has 152 valence electrons. The first-order valence-corrected chi connectivity index (χ1v) is 10.2. The first-order valence-electron chi connectivity index (χ1n) is 10.2. The number of hydrogen-bond acceptors (Lipinski definition) is 3. The molecule has 0 atom stereocenters. The molecule has 6 rings (SSSR count). The Labute approximate surface area is 182 Å². The summed E-state index contributed by atoms with van der Waals surface area (Å²) in [4.78, 5) is 14.7. The number of hydrogen-bond donors (Lipinski definition) is 0. The van der Waals surface area contributed by atoms with Crippen molar-refractivity contribution in [3.63, 3.8) is 0 Å². The van der Waals surface area contributed by atoms with Gasteiger partial charge in [0.1, 0.15) is 11.6 Å². The van der Waals surface area contributed by atoms with E-state index in [-0.39, 0.29) is 11.6 Å². The molecule has 0 unspecified atom stereocenters. The van der Waals surface area contributed by atoms with E-state index >= 15 is 0 Å². The fourth-order valence-corrected chi connectivity index (χ4v) is 3.99. The van der Waals surface area contributed by atoms with Crippen molar-refractivity contribution in [1.82, 2.24) is 15.0 Å². The van der Waals surface area contributed by atoms with E-state index in [4.69, 9.17) is 15.0 Å². The largest absolute Gasteiger partial charge is 0.248 e. The van der Waals surface area contributed by atoms with E-state index in [9.17, 15) is 8.78 Å². The highest BCUT2D eigenvalue weighted by Gasteiger charge is 2.16. The van der Waals surface area contributed by atoms with Gasteiger partial charge in [0.05, 0.1) is 33.5 Å². The standard InChI is InChI=1S/C27H15F2N3/c28-19-9-5-16(6-10-19)25-26(17-7-11-20(29)12-8-17)32-27-21-15-18-3-1-2-4-22(18)30-23(21)13-14-24(27)31-25/h1-15H. The molecule has 2 aromatic heterocycles. The predicted molar refractivity (Wildman–Crippen MR) is 123 cm³/mol. The molecule has 0 aliphatic carbocycles. The second kappa shape index (κ2) is 7.17. The highest BCUT2D eigenvalue weighted by atomic mass is 19.1. The van der Waals surface area contributed by atoms with Gasteiger partial charge >= 0.3 is 0 Å². The Hall–Kier alpha value is -4.25. The van der Waals surface area contributed by atoms with Crippen molar-refractivity contribution in [3.8, 4) is 22.5 Å². The predicted octanol–water partition coefficient (Wildman–Crippen LogP) is 6.94. The van der Waals surface area contributed by atoms with E-state index < -0.39 is 0 Å². The summed E-state index contributed by atoms with van der Waals surface area (Å²) in [5.41, 5.74) is 5.83. The van der Waals surface area contributed by atoms with Crippen LogP contribution in [-0.2, 0) is 0 Å². The molecular formula is C27H15F2N3. The normalized spacial score (nSPS) is 11.4. The number of fused-ring (bicyclic) bond motifs is 4. The smallest absolute Gasteiger partial charge is 0.123 e. The van der Waals surface area contributed by atoms with Gasteiger partial charge in [-0.15, -0.1) is 0 Å². The zero-order chi connectivity index (χ0) is 21.7. The minimum absolute atomic E-state index is 0.324. The van der Waals surface area contributed by atoms with Crippen LogP contribution in [-0.4, -0.2) is 15.0 Å². The Kier molecular flexibility index (Phi) is 4.15. The molecule has 4 aromatic carbocycles.